The Hall–Kier alpha value is -0.706. The standard InChI is InChI=1S/C26H40N2OSSi.C4H9.Li/c1-26(2,3)31(5,6)29-19-11-10-12-22-20-25(21-15-17-24(30-4)18-16-21)28(27-22)23-13-8-7-9-14-23;1-3-4-2;/h10,12,15-18,20,23H,7-9,11,13-14,19H2,1-6H3;1,3-4H2,2H3;/q;-1;+1/b12-10+;;. The minimum Gasteiger partial charge on any atom is -0.417 e. The van der Waals surface area contributed by atoms with Crippen LogP contribution in [0.1, 0.15) is 90.8 Å². The molecule has 1 fully saturated rings. The zero-order valence-corrected chi connectivity index (χ0v) is 26.2. The van der Waals surface area contributed by atoms with E-state index < -0.39 is 8.32 Å². The number of nitrogens with zero attached hydrogens (tertiary/aromatic N) is 2. The van der Waals surface area contributed by atoms with Crippen molar-refractivity contribution in [2.45, 2.75) is 108 Å². The molecule has 0 N–H and O–H groups in total. The second-order valence-electron chi connectivity index (χ2n) is 11.1. The number of thioether (sulfide) groups is 1. The van der Waals surface area contributed by atoms with Crippen LogP contribution in [0.15, 0.2) is 41.3 Å². The maximum Gasteiger partial charge on any atom is 1.00 e. The summed E-state index contributed by atoms with van der Waals surface area (Å²) in [7, 11) is -1.67. The minimum absolute atomic E-state index is 0. The summed E-state index contributed by atoms with van der Waals surface area (Å²) in [6, 6.07) is 11.7. The zero-order chi connectivity index (χ0) is 25.9. The molecule has 0 radical (unpaired) electrons. The van der Waals surface area contributed by atoms with Crippen molar-refractivity contribution in [2.24, 2.45) is 0 Å². The summed E-state index contributed by atoms with van der Waals surface area (Å²) >= 11 is 1.79. The smallest absolute Gasteiger partial charge is 0.417 e. The van der Waals surface area contributed by atoms with E-state index in [9.17, 15) is 0 Å². The van der Waals surface area contributed by atoms with Gasteiger partial charge in [0.2, 0.25) is 0 Å². The molecule has 0 aliphatic heterocycles. The summed E-state index contributed by atoms with van der Waals surface area (Å²) in [5.41, 5.74) is 3.57. The molecule has 1 aliphatic rings. The van der Waals surface area contributed by atoms with Crippen LogP contribution in [0.25, 0.3) is 17.3 Å². The number of unbranched alkanes of at least 4 members (excludes halogenated alkanes) is 1. The molecule has 0 amide bonds. The normalized spacial score (nSPS) is 14.9. The molecule has 0 unspecified atom stereocenters. The van der Waals surface area contributed by atoms with Crippen molar-refractivity contribution in [1.82, 2.24) is 9.78 Å². The van der Waals surface area contributed by atoms with E-state index in [0.29, 0.717) is 6.04 Å². The molecule has 6 heteroatoms. The Morgan fingerprint density at radius 2 is 1.75 bits per heavy atom. The predicted octanol–water partition coefficient (Wildman–Crippen LogP) is 6.83. The van der Waals surface area contributed by atoms with Crippen molar-refractivity contribution in [2.75, 3.05) is 12.9 Å². The van der Waals surface area contributed by atoms with E-state index in [2.05, 4.69) is 101 Å². The Labute approximate surface area is 239 Å². The summed E-state index contributed by atoms with van der Waals surface area (Å²) in [5.74, 6) is 0. The second-order valence-corrected chi connectivity index (χ2v) is 16.8. The fraction of sp³-hybridized carbons (Fsp3) is 0.600. The van der Waals surface area contributed by atoms with Crippen molar-refractivity contribution >= 4 is 26.2 Å². The number of aromatic nitrogens is 2. The Morgan fingerprint density at radius 3 is 2.28 bits per heavy atom. The van der Waals surface area contributed by atoms with Crippen molar-refractivity contribution in [3.8, 4) is 11.3 Å². The molecule has 1 heterocycles. The van der Waals surface area contributed by atoms with E-state index in [-0.39, 0.29) is 23.9 Å². The van der Waals surface area contributed by atoms with E-state index in [1.165, 1.54) is 54.7 Å². The number of hydrogen-bond acceptors (Lipinski definition) is 3. The van der Waals surface area contributed by atoms with Crippen molar-refractivity contribution < 1.29 is 23.3 Å². The molecule has 0 saturated heterocycles. The van der Waals surface area contributed by atoms with Crippen LogP contribution in [0.3, 0.4) is 0 Å². The Balaban J connectivity index is 0.00000120. The van der Waals surface area contributed by atoms with E-state index in [1.807, 2.05) is 0 Å². The fourth-order valence-corrected chi connectivity index (χ4v) is 5.35. The molecule has 3 rings (SSSR count). The molecule has 0 bridgehead atoms. The van der Waals surface area contributed by atoms with Gasteiger partial charge in [0.15, 0.2) is 8.32 Å². The van der Waals surface area contributed by atoms with Crippen LogP contribution < -0.4 is 18.9 Å². The van der Waals surface area contributed by atoms with Crippen LogP contribution >= 0.6 is 11.8 Å². The van der Waals surface area contributed by atoms with Crippen LogP contribution in [0.5, 0.6) is 0 Å². The van der Waals surface area contributed by atoms with E-state index in [0.717, 1.165) is 25.1 Å². The van der Waals surface area contributed by atoms with E-state index in [1.54, 1.807) is 11.8 Å². The third kappa shape index (κ3) is 10.2. The van der Waals surface area contributed by atoms with Gasteiger partial charge in [-0.2, -0.15) is 11.5 Å². The molecule has 196 valence electrons. The quantitative estimate of drug-likeness (QED) is 0.157. The maximum atomic E-state index is 6.31. The summed E-state index contributed by atoms with van der Waals surface area (Å²) in [5, 5.41) is 5.29. The third-order valence-corrected chi connectivity index (χ3v) is 12.5. The molecule has 0 spiro atoms. The Bertz CT molecular complexity index is 895. The topological polar surface area (TPSA) is 27.1 Å². The van der Waals surface area contributed by atoms with Gasteiger partial charge in [-0.05, 0) is 73.5 Å². The average Bonchev–Trinajstić information content (AvgIpc) is 3.28. The molecule has 36 heavy (non-hydrogen) atoms. The van der Waals surface area contributed by atoms with Crippen LogP contribution in [0, 0.1) is 6.92 Å². The number of rotatable bonds is 9. The Kier molecular flexibility index (Phi) is 15.1. The molecular formula is C30H49LiN2OSSi. The van der Waals surface area contributed by atoms with Crippen molar-refractivity contribution in [3.63, 3.8) is 0 Å². The van der Waals surface area contributed by atoms with Gasteiger partial charge in [-0.15, -0.1) is 11.8 Å². The largest absolute Gasteiger partial charge is 1.00 e. The molecule has 1 aliphatic carbocycles. The molecular weight excluding hydrogens is 471 g/mol. The summed E-state index contributed by atoms with van der Waals surface area (Å²) in [6.07, 6.45) is 16.2. The van der Waals surface area contributed by atoms with Crippen LogP contribution in [0.4, 0.5) is 0 Å². The first-order chi connectivity index (χ1) is 16.6. The molecule has 1 saturated carbocycles. The van der Waals surface area contributed by atoms with Gasteiger partial charge in [-0.1, -0.05) is 71.6 Å². The summed E-state index contributed by atoms with van der Waals surface area (Å²) in [6.45, 7) is 18.0. The average molecular weight is 521 g/mol. The van der Waals surface area contributed by atoms with Gasteiger partial charge in [0.25, 0.3) is 0 Å². The van der Waals surface area contributed by atoms with Gasteiger partial charge in [0.05, 0.1) is 17.4 Å². The van der Waals surface area contributed by atoms with E-state index >= 15 is 0 Å². The maximum absolute atomic E-state index is 6.31. The number of hydrogen-bond donors (Lipinski definition) is 0. The monoisotopic (exact) mass is 520 g/mol. The van der Waals surface area contributed by atoms with Gasteiger partial charge < -0.3 is 11.3 Å². The molecule has 3 nitrogen and oxygen atoms in total. The van der Waals surface area contributed by atoms with Gasteiger partial charge in [0, 0.05) is 11.5 Å². The molecule has 1 aromatic heterocycles. The predicted molar refractivity (Wildman–Crippen MR) is 159 cm³/mol. The van der Waals surface area contributed by atoms with Crippen LogP contribution in [-0.4, -0.2) is 31.0 Å². The Morgan fingerprint density at radius 1 is 1.14 bits per heavy atom. The van der Waals surface area contributed by atoms with Crippen molar-refractivity contribution in [1.29, 1.82) is 0 Å². The second kappa shape index (κ2) is 16.3. The van der Waals surface area contributed by atoms with Gasteiger partial charge in [-0.3, -0.25) is 4.68 Å². The first kappa shape index (κ1) is 33.3. The molecule has 2 aromatic rings. The van der Waals surface area contributed by atoms with Crippen LogP contribution in [0.2, 0.25) is 18.1 Å². The first-order valence-electron chi connectivity index (χ1n) is 13.5. The molecule has 0 atom stereocenters. The van der Waals surface area contributed by atoms with E-state index in [4.69, 9.17) is 9.52 Å². The number of benzene rings is 1. The zero-order valence-electron chi connectivity index (χ0n) is 24.4. The first-order valence-corrected chi connectivity index (χ1v) is 17.6. The summed E-state index contributed by atoms with van der Waals surface area (Å²) in [4.78, 5) is 1.30. The van der Waals surface area contributed by atoms with Crippen LogP contribution in [-0.2, 0) is 4.43 Å². The SMILES string of the molecule is CSc1ccc(-c2cc(/C=C/CCO[Si](C)(C)C(C)(C)C)nn2C2CCCCC2)cc1.[CH2-]CCC.[Li+]. The molecule has 1 aromatic carbocycles. The van der Waals surface area contributed by atoms with Gasteiger partial charge in [-0.25, -0.2) is 0 Å². The minimum atomic E-state index is -1.67. The summed E-state index contributed by atoms with van der Waals surface area (Å²) < 4.78 is 8.61. The van der Waals surface area contributed by atoms with Crippen molar-refractivity contribution in [3.05, 3.63) is 49.0 Å². The van der Waals surface area contributed by atoms with Gasteiger partial charge in [0.1, 0.15) is 0 Å². The van der Waals surface area contributed by atoms with Gasteiger partial charge >= 0.3 is 18.9 Å². The fourth-order valence-electron chi connectivity index (χ4n) is 3.88. The third-order valence-electron chi connectivity index (χ3n) is 7.26.